The minimum atomic E-state index is -1.84. The number of hydrogen-bond donors (Lipinski definition) is 2. The first kappa shape index (κ1) is 26.2. The molecule has 10 heteroatoms. The van der Waals surface area contributed by atoms with Crippen LogP contribution >= 0.6 is 0 Å². The van der Waals surface area contributed by atoms with Crippen LogP contribution in [0.15, 0.2) is 66.7 Å². The largest absolute Gasteiger partial charge is 0.493 e. The highest BCUT2D eigenvalue weighted by Gasteiger charge is 2.69. The number of benzene rings is 3. The molecule has 0 aliphatic carbocycles. The predicted octanol–water partition coefficient (Wildman–Crippen LogP) is 3.37. The molecule has 2 saturated heterocycles. The van der Waals surface area contributed by atoms with Crippen LogP contribution in [-0.4, -0.2) is 49.8 Å². The van der Waals surface area contributed by atoms with E-state index in [2.05, 4.69) is 5.32 Å². The summed E-state index contributed by atoms with van der Waals surface area (Å²) in [6, 6.07) is 16.2. The summed E-state index contributed by atoms with van der Waals surface area (Å²) in [5, 5.41) is 13.8. The van der Waals surface area contributed by atoms with Crippen molar-refractivity contribution < 1.29 is 38.1 Å². The third-order valence-corrected chi connectivity index (χ3v) is 7.52. The molecule has 0 aromatic heterocycles. The van der Waals surface area contributed by atoms with Crippen LogP contribution in [0.4, 0.5) is 10.1 Å². The summed E-state index contributed by atoms with van der Waals surface area (Å²) >= 11 is 0. The van der Waals surface area contributed by atoms with Crippen molar-refractivity contribution in [2.45, 2.75) is 18.0 Å². The number of nitrogens with zero attached hydrogens (tertiary/aromatic N) is 1. The zero-order valence-electron chi connectivity index (χ0n) is 21.5. The van der Waals surface area contributed by atoms with Gasteiger partial charge >= 0.3 is 5.97 Å². The van der Waals surface area contributed by atoms with E-state index >= 15 is 0 Å². The van der Waals surface area contributed by atoms with Crippen LogP contribution in [0.1, 0.15) is 17.2 Å². The SMILES string of the molecule is COc1ccc([C@@H]2N[C@](Cc3ccccc3)(C(=O)O)[C@@H]3C(=O)N(c4ccc(F)cc4)C(=O)[C@@H]32)c(OC)c1OC. The van der Waals surface area contributed by atoms with Gasteiger partial charge in [-0.05, 0) is 42.0 Å². The van der Waals surface area contributed by atoms with E-state index in [1.165, 1.54) is 33.5 Å². The van der Waals surface area contributed by atoms with Crippen molar-refractivity contribution in [3.8, 4) is 17.2 Å². The third-order valence-electron chi connectivity index (χ3n) is 7.52. The minimum Gasteiger partial charge on any atom is -0.493 e. The molecule has 0 radical (unpaired) electrons. The number of fused-ring (bicyclic) bond motifs is 1. The zero-order valence-corrected chi connectivity index (χ0v) is 21.5. The zero-order chi connectivity index (χ0) is 27.9. The molecule has 3 aromatic carbocycles. The molecule has 5 rings (SSSR count). The summed E-state index contributed by atoms with van der Waals surface area (Å²) in [4.78, 5) is 42.0. The number of carboxylic acid groups (broad SMARTS) is 1. The molecule has 202 valence electrons. The number of amides is 2. The number of anilines is 1. The van der Waals surface area contributed by atoms with Gasteiger partial charge in [-0.1, -0.05) is 30.3 Å². The molecule has 2 amide bonds. The number of aliphatic carboxylic acids is 1. The van der Waals surface area contributed by atoms with Crippen LogP contribution in [0.3, 0.4) is 0 Å². The van der Waals surface area contributed by atoms with Crippen molar-refractivity contribution in [1.29, 1.82) is 0 Å². The van der Waals surface area contributed by atoms with Gasteiger partial charge in [0.2, 0.25) is 17.6 Å². The summed E-state index contributed by atoms with van der Waals surface area (Å²) < 4.78 is 30.2. The summed E-state index contributed by atoms with van der Waals surface area (Å²) in [6.07, 6.45) is -0.0628. The van der Waals surface area contributed by atoms with Gasteiger partial charge in [-0.2, -0.15) is 0 Å². The number of imide groups is 1. The van der Waals surface area contributed by atoms with Gasteiger partial charge in [0.05, 0.1) is 38.9 Å². The van der Waals surface area contributed by atoms with Crippen molar-refractivity contribution >= 4 is 23.5 Å². The Labute approximate surface area is 224 Å². The summed E-state index contributed by atoms with van der Waals surface area (Å²) in [7, 11) is 4.33. The third kappa shape index (κ3) is 4.08. The van der Waals surface area contributed by atoms with Crippen molar-refractivity contribution in [3.63, 3.8) is 0 Å². The lowest BCUT2D eigenvalue weighted by molar-refractivity contribution is -0.148. The monoisotopic (exact) mass is 534 g/mol. The number of carboxylic acids is 1. The molecule has 2 N–H and O–H groups in total. The lowest BCUT2D eigenvalue weighted by Gasteiger charge is -2.31. The van der Waals surface area contributed by atoms with Crippen LogP contribution in [0.25, 0.3) is 0 Å². The number of halogens is 1. The number of carbonyl (C=O) groups is 3. The first-order chi connectivity index (χ1) is 18.8. The standard InChI is InChI=1S/C29H27FN2O7/c1-37-20-14-13-19(24(38-2)25(20)39-3)23-21-22(27(34)32(26(21)33)18-11-9-17(30)10-12-18)29(31-23,28(35)36)15-16-7-5-4-6-8-16/h4-14,21-23,31H,15H2,1-3H3,(H,35,36)/t21-,22-,23-,29-/m0/s1. The predicted molar refractivity (Wildman–Crippen MR) is 138 cm³/mol. The molecule has 4 atom stereocenters. The molecular formula is C29H27FN2O7. The Hall–Kier alpha value is -4.44. The maximum atomic E-state index is 14.0. The highest BCUT2D eigenvalue weighted by Crippen LogP contribution is 2.54. The normalized spacial score (nSPS) is 24.0. The van der Waals surface area contributed by atoms with Crippen molar-refractivity contribution in [2.24, 2.45) is 11.8 Å². The second kappa shape index (κ2) is 10.0. The number of methoxy groups -OCH3 is 3. The number of nitrogens with one attached hydrogen (secondary N) is 1. The van der Waals surface area contributed by atoms with Gasteiger partial charge in [0.1, 0.15) is 11.4 Å². The topological polar surface area (TPSA) is 114 Å². The molecule has 2 fully saturated rings. The van der Waals surface area contributed by atoms with Gasteiger partial charge in [0.15, 0.2) is 11.5 Å². The van der Waals surface area contributed by atoms with Crippen LogP contribution < -0.4 is 24.4 Å². The second-order valence-corrected chi connectivity index (χ2v) is 9.48. The molecule has 0 unspecified atom stereocenters. The Balaban J connectivity index is 1.71. The van der Waals surface area contributed by atoms with Gasteiger partial charge in [0.25, 0.3) is 0 Å². The first-order valence-electron chi connectivity index (χ1n) is 12.2. The smallest absolute Gasteiger partial charge is 0.325 e. The van der Waals surface area contributed by atoms with Crippen LogP contribution in [0, 0.1) is 17.7 Å². The van der Waals surface area contributed by atoms with Gasteiger partial charge < -0.3 is 19.3 Å². The fraction of sp³-hybridized carbons (Fsp3) is 0.276. The highest BCUT2D eigenvalue weighted by atomic mass is 19.1. The van der Waals surface area contributed by atoms with E-state index in [0.717, 1.165) is 17.0 Å². The Kier molecular flexibility index (Phi) is 6.73. The van der Waals surface area contributed by atoms with Gasteiger partial charge in [-0.25, -0.2) is 9.29 Å². The second-order valence-electron chi connectivity index (χ2n) is 9.48. The lowest BCUT2D eigenvalue weighted by atomic mass is 9.76. The van der Waals surface area contributed by atoms with Crippen LogP contribution in [0.2, 0.25) is 0 Å². The highest BCUT2D eigenvalue weighted by molar-refractivity contribution is 6.24. The molecular weight excluding hydrogens is 507 g/mol. The van der Waals surface area contributed by atoms with E-state index in [-0.39, 0.29) is 23.6 Å². The summed E-state index contributed by atoms with van der Waals surface area (Å²) in [6.45, 7) is 0. The number of carbonyl (C=O) groups excluding carboxylic acids is 2. The minimum absolute atomic E-state index is 0.0628. The quantitative estimate of drug-likeness (QED) is 0.423. The number of hydrogen-bond acceptors (Lipinski definition) is 7. The van der Waals surface area contributed by atoms with Gasteiger partial charge in [0, 0.05) is 18.0 Å². The molecule has 3 aromatic rings. The van der Waals surface area contributed by atoms with E-state index in [1.807, 2.05) is 0 Å². The van der Waals surface area contributed by atoms with Crippen molar-refractivity contribution in [2.75, 3.05) is 26.2 Å². The van der Waals surface area contributed by atoms with Gasteiger partial charge in [-0.15, -0.1) is 0 Å². The Bertz CT molecular complexity index is 1430. The molecule has 2 aliphatic heterocycles. The molecule has 9 nitrogen and oxygen atoms in total. The number of ether oxygens (including phenoxy) is 3. The lowest BCUT2D eigenvalue weighted by Crippen LogP contribution is -2.57. The first-order valence-corrected chi connectivity index (χ1v) is 12.2. The van der Waals surface area contributed by atoms with Crippen LogP contribution in [-0.2, 0) is 20.8 Å². The maximum Gasteiger partial charge on any atom is 0.325 e. The fourth-order valence-corrected chi connectivity index (χ4v) is 5.84. The maximum absolute atomic E-state index is 14.0. The van der Waals surface area contributed by atoms with Crippen molar-refractivity contribution in [3.05, 3.63) is 83.7 Å². The molecule has 2 heterocycles. The molecule has 39 heavy (non-hydrogen) atoms. The molecule has 0 spiro atoms. The van der Waals surface area contributed by atoms with E-state index in [9.17, 15) is 23.9 Å². The van der Waals surface area contributed by atoms with E-state index in [1.54, 1.807) is 42.5 Å². The molecule has 0 saturated carbocycles. The van der Waals surface area contributed by atoms with Gasteiger partial charge in [-0.3, -0.25) is 19.7 Å². The Morgan fingerprint density at radius 2 is 1.59 bits per heavy atom. The van der Waals surface area contributed by atoms with Crippen LogP contribution in [0.5, 0.6) is 17.2 Å². The average molecular weight is 535 g/mol. The summed E-state index contributed by atoms with van der Waals surface area (Å²) in [5.41, 5.74) is -0.566. The van der Waals surface area contributed by atoms with E-state index in [4.69, 9.17) is 14.2 Å². The average Bonchev–Trinajstić information content (AvgIpc) is 3.42. The van der Waals surface area contributed by atoms with E-state index in [0.29, 0.717) is 16.9 Å². The molecule has 2 aliphatic rings. The Morgan fingerprint density at radius 3 is 2.18 bits per heavy atom. The fourth-order valence-electron chi connectivity index (χ4n) is 5.84. The van der Waals surface area contributed by atoms with E-state index < -0.39 is 47.0 Å². The summed E-state index contributed by atoms with van der Waals surface area (Å²) in [5.74, 6) is -4.56. The Morgan fingerprint density at radius 1 is 0.923 bits per heavy atom. The van der Waals surface area contributed by atoms with Crippen molar-refractivity contribution in [1.82, 2.24) is 5.32 Å². The number of rotatable bonds is 8. The molecule has 0 bridgehead atoms.